The Hall–Kier alpha value is -1.26. The zero-order valence-electron chi connectivity index (χ0n) is 12.3. The molecule has 20 heavy (non-hydrogen) atoms. The standard InChI is InChI=1S/C15H26N2O3/c1-11-6-8-17(9-7-11)15(20)16-10-12-4-2-3-5-13(12)14(18)19/h11-13H,2-10H2,1H3,(H,16,20)(H,18,19). The van der Waals surface area contributed by atoms with Crippen LogP contribution < -0.4 is 5.32 Å². The van der Waals surface area contributed by atoms with E-state index < -0.39 is 5.97 Å². The minimum atomic E-state index is -0.712. The highest BCUT2D eigenvalue weighted by molar-refractivity contribution is 5.74. The van der Waals surface area contributed by atoms with Crippen molar-refractivity contribution in [3.63, 3.8) is 0 Å². The fourth-order valence-electron chi connectivity index (χ4n) is 3.32. The van der Waals surface area contributed by atoms with Crippen LogP contribution >= 0.6 is 0 Å². The van der Waals surface area contributed by atoms with Crippen LogP contribution in [0.25, 0.3) is 0 Å². The molecule has 0 spiro atoms. The normalized spacial score (nSPS) is 28.1. The number of nitrogens with zero attached hydrogens (tertiary/aromatic N) is 1. The Kier molecular flexibility index (Phi) is 5.26. The first-order chi connectivity index (χ1) is 9.58. The van der Waals surface area contributed by atoms with Gasteiger partial charge in [0.15, 0.2) is 0 Å². The zero-order chi connectivity index (χ0) is 14.5. The second kappa shape index (κ2) is 6.95. The molecule has 1 aliphatic heterocycles. The molecule has 2 rings (SSSR count). The van der Waals surface area contributed by atoms with Gasteiger partial charge in [-0.2, -0.15) is 0 Å². The van der Waals surface area contributed by atoms with Gasteiger partial charge < -0.3 is 15.3 Å². The molecule has 0 aromatic heterocycles. The summed E-state index contributed by atoms with van der Waals surface area (Å²) in [5, 5.41) is 12.2. The van der Waals surface area contributed by atoms with Crippen LogP contribution in [0.1, 0.15) is 45.4 Å². The maximum absolute atomic E-state index is 12.1. The number of urea groups is 1. The summed E-state index contributed by atoms with van der Waals surface area (Å²) in [6.45, 7) is 4.36. The van der Waals surface area contributed by atoms with E-state index in [4.69, 9.17) is 0 Å². The Morgan fingerprint density at radius 1 is 1.15 bits per heavy atom. The van der Waals surface area contributed by atoms with Crippen molar-refractivity contribution in [1.29, 1.82) is 0 Å². The Morgan fingerprint density at radius 3 is 2.45 bits per heavy atom. The summed E-state index contributed by atoms with van der Waals surface area (Å²) in [4.78, 5) is 25.2. The van der Waals surface area contributed by atoms with Crippen molar-refractivity contribution in [1.82, 2.24) is 10.2 Å². The van der Waals surface area contributed by atoms with Crippen molar-refractivity contribution < 1.29 is 14.7 Å². The minimum absolute atomic E-state index is 0.0217. The minimum Gasteiger partial charge on any atom is -0.481 e. The number of amides is 2. The first kappa shape index (κ1) is 15.1. The van der Waals surface area contributed by atoms with E-state index in [2.05, 4.69) is 12.2 Å². The van der Waals surface area contributed by atoms with E-state index >= 15 is 0 Å². The molecular formula is C15H26N2O3. The van der Waals surface area contributed by atoms with E-state index in [-0.39, 0.29) is 17.9 Å². The Bertz CT molecular complexity index is 351. The lowest BCUT2D eigenvalue weighted by Crippen LogP contribution is -2.46. The van der Waals surface area contributed by atoms with Crippen molar-refractivity contribution in [2.75, 3.05) is 19.6 Å². The van der Waals surface area contributed by atoms with Gasteiger partial charge in [0.1, 0.15) is 0 Å². The molecule has 2 atom stereocenters. The summed E-state index contributed by atoms with van der Waals surface area (Å²) >= 11 is 0. The highest BCUT2D eigenvalue weighted by Crippen LogP contribution is 2.29. The molecule has 114 valence electrons. The van der Waals surface area contributed by atoms with Crippen molar-refractivity contribution in [3.05, 3.63) is 0 Å². The third-order valence-electron chi connectivity index (χ3n) is 4.81. The molecule has 1 aliphatic carbocycles. The monoisotopic (exact) mass is 282 g/mol. The molecule has 1 saturated heterocycles. The number of nitrogens with one attached hydrogen (secondary N) is 1. The van der Waals surface area contributed by atoms with E-state index in [0.717, 1.165) is 51.6 Å². The molecule has 0 aromatic rings. The molecule has 2 N–H and O–H groups in total. The number of carbonyl (C=O) groups is 2. The summed E-state index contributed by atoms with van der Waals surface area (Å²) in [6.07, 6.45) is 5.85. The zero-order valence-corrected chi connectivity index (χ0v) is 12.3. The highest BCUT2D eigenvalue weighted by Gasteiger charge is 2.31. The van der Waals surface area contributed by atoms with Crippen LogP contribution in [0.2, 0.25) is 0 Å². The number of likely N-dealkylation sites (tertiary alicyclic amines) is 1. The molecule has 0 bridgehead atoms. The number of aliphatic carboxylic acids is 1. The number of hydrogen-bond acceptors (Lipinski definition) is 2. The molecular weight excluding hydrogens is 256 g/mol. The van der Waals surface area contributed by atoms with E-state index in [1.54, 1.807) is 0 Å². The van der Waals surface area contributed by atoms with Crippen molar-refractivity contribution in [2.45, 2.75) is 45.4 Å². The fraction of sp³-hybridized carbons (Fsp3) is 0.867. The lowest BCUT2D eigenvalue weighted by Gasteiger charge is -2.32. The summed E-state index contributed by atoms with van der Waals surface area (Å²) in [5.41, 5.74) is 0. The second-order valence-corrected chi connectivity index (χ2v) is 6.34. The van der Waals surface area contributed by atoms with Gasteiger partial charge in [0, 0.05) is 19.6 Å². The number of carbonyl (C=O) groups excluding carboxylic acids is 1. The summed E-state index contributed by atoms with van der Waals surface area (Å²) in [7, 11) is 0. The highest BCUT2D eigenvalue weighted by atomic mass is 16.4. The molecule has 2 aliphatic rings. The second-order valence-electron chi connectivity index (χ2n) is 6.34. The number of rotatable bonds is 3. The Labute approximate surface area is 120 Å². The topological polar surface area (TPSA) is 69.6 Å². The van der Waals surface area contributed by atoms with Gasteiger partial charge in [0.2, 0.25) is 0 Å². The number of carboxylic acids is 1. The van der Waals surface area contributed by atoms with E-state index in [1.165, 1.54) is 0 Å². The third kappa shape index (κ3) is 3.87. The average Bonchev–Trinajstić information content (AvgIpc) is 2.45. The molecule has 0 aromatic carbocycles. The SMILES string of the molecule is CC1CCN(C(=O)NCC2CCCCC2C(=O)O)CC1. The number of piperidine rings is 1. The van der Waals surface area contributed by atoms with Crippen LogP contribution in [0.4, 0.5) is 4.79 Å². The maximum atomic E-state index is 12.1. The summed E-state index contributed by atoms with van der Waals surface area (Å²) in [5.74, 6) is -0.205. The van der Waals surface area contributed by atoms with E-state index in [0.29, 0.717) is 12.5 Å². The van der Waals surface area contributed by atoms with Crippen LogP contribution in [-0.4, -0.2) is 41.6 Å². The van der Waals surface area contributed by atoms with Gasteiger partial charge in [-0.05, 0) is 37.5 Å². The maximum Gasteiger partial charge on any atom is 0.317 e. The van der Waals surface area contributed by atoms with Gasteiger partial charge in [-0.1, -0.05) is 19.8 Å². The third-order valence-corrected chi connectivity index (χ3v) is 4.81. The van der Waals surface area contributed by atoms with Crippen LogP contribution in [0.5, 0.6) is 0 Å². The van der Waals surface area contributed by atoms with Crippen LogP contribution in [0, 0.1) is 17.8 Å². The lowest BCUT2D eigenvalue weighted by molar-refractivity contribution is -0.144. The predicted octanol–water partition coefficient (Wildman–Crippen LogP) is 2.32. The van der Waals surface area contributed by atoms with Gasteiger partial charge in [-0.25, -0.2) is 4.79 Å². The van der Waals surface area contributed by atoms with Crippen molar-refractivity contribution >= 4 is 12.0 Å². The van der Waals surface area contributed by atoms with Crippen LogP contribution in [0.15, 0.2) is 0 Å². The molecule has 1 saturated carbocycles. The number of carboxylic acid groups (broad SMARTS) is 1. The Balaban J connectivity index is 1.78. The first-order valence-corrected chi connectivity index (χ1v) is 7.83. The van der Waals surface area contributed by atoms with Gasteiger partial charge in [-0.15, -0.1) is 0 Å². The van der Waals surface area contributed by atoms with E-state index in [1.807, 2.05) is 4.90 Å². The largest absolute Gasteiger partial charge is 0.481 e. The lowest BCUT2D eigenvalue weighted by atomic mass is 9.79. The van der Waals surface area contributed by atoms with Gasteiger partial charge in [-0.3, -0.25) is 4.79 Å². The van der Waals surface area contributed by atoms with Gasteiger partial charge in [0.25, 0.3) is 0 Å². The number of hydrogen-bond donors (Lipinski definition) is 2. The molecule has 2 unspecified atom stereocenters. The van der Waals surface area contributed by atoms with Crippen molar-refractivity contribution in [2.24, 2.45) is 17.8 Å². The summed E-state index contributed by atoms with van der Waals surface area (Å²) in [6, 6.07) is -0.0217. The molecule has 2 amide bonds. The van der Waals surface area contributed by atoms with Crippen LogP contribution in [-0.2, 0) is 4.79 Å². The quantitative estimate of drug-likeness (QED) is 0.834. The van der Waals surface area contributed by atoms with Gasteiger partial charge in [0.05, 0.1) is 5.92 Å². The fourth-order valence-corrected chi connectivity index (χ4v) is 3.32. The Morgan fingerprint density at radius 2 is 1.80 bits per heavy atom. The average molecular weight is 282 g/mol. The molecule has 5 heteroatoms. The molecule has 0 radical (unpaired) electrons. The smallest absolute Gasteiger partial charge is 0.317 e. The van der Waals surface area contributed by atoms with E-state index in [9.17, 15) is 14.7 Å². The molecule has 2 fully saturated rings. The summed E-state index contributed by atoms with van der Waals surface area (Å²) < 4.78 is 0. The van der Waals surface area contributed by atoms with Crippen molar-refractivity contribution in [3.8, 4) is 0 Å². The van der Waals surface area contributed by atoms with Crippen LogP contribution in [0.3, 0.4) is 0 Å². The predicted molar refractivity (Wildman–Crippen MR) is 76.5 cm³/mol. The first-order valence-electron chi connectivity index (χ1n) is 7.83. The van der Waals surface area contributed by atoms with Gasteiger partial charge >= 0.3 is 12.0 Å². The molecule has 5 nitrogen and oxygen atoms in total. The molecule has 1 heterocycles.